The summed E-state index contributed by atoms with van der Waals surface area (Å²) in [6, 6.07) is 9.71. The van der Waals surface area contributed by atoms with Gasteiger partial charge in [0.05, 0.1) is 0 Å². The molecule has 1 unspecified atom stereocenters. The van der Waals surface area contributed by atoms with E-state index < -0.39 is 48.4 Å². The average Bonchev–Trinajstić information content (AvgIpc) is 3.34. The maximum absolute atomic E-state index is 12.5. The molecule has 2 saturated heterocycles. The van der Waals surface area contributed by atoms with E-state index in [2.05, 4.69) is 4.98 Å². The fourth-order valence-corrected chi connectivity index (χ4v) is 3.68. The zero-order valence-corrected chi connectivity index (χ0v) is 17.0. The van der Waals surface area contributed by atoms with E-state index in [1.807, 2.05) is 37.3 Å². The minimum absolute atomic E-state index is 0.0625. The number of nitrogens with one attached hydrogen (secondary N) is 1. The second kappa shape index (κ2) is 8.94. The Bertz CT molecular complexity index is 1050. The molecule has 0 bridgehead atoms. The van der Waals surface area contributed by atoms with E-state index >= 15 is 0 Å². The van der Waals surface area contributed by atoms with Crippen LogP contribution in [0.4, 0.5) is 10.6 Å². The van der Waals surface area contributed by atoms with Crippen LogP contribution in [0.25, 0.3) is 0 Å². The van der Waals surface area contributed by atoms with E-state index in [0.717, 1.165) is 10.1 Å². The van der Waals surface area contributed by atoms with Gasteiger partial charge in [0.1, 0.15) is 18.8 Å². The van der Waals surface area contributed by atoms with Gasteiger partial charge in [0.15, 0.2) is 24.3 Å². The van der Waals surface area contributed by atoms with E-state index in [4.69, 9.17) is 29.9 Å². The Morgan fingerprint density at radius 2 is 1.97 bits per heavy atom. The molecule has 2 aromatic rings. The molecule has 12 nitrogen and oxygen atoms in total. The molecule has 0 aliphatic carbocycles. The average molecular weight is 446 g/mol. The maximum atomic E-state index is 12.5. The van der Waals surface area contributed by atoms with Crippen LogP contribution in [-0.2, 0) is 23.7 Å². The molecule has 3 heterocycles. The summed E-state index contributed by atoms with van der Waals surface area (Å²) >= 11 is 0. The van der Waals surface area contributed by atoms with E-state index in [1.54, 1.807) is 5.48 Å². The highest BCUT2D eigenvalue weighted by Gasteiger charge is 2.55. The molecule has 0 spiro atoms. The van der Waals surface area contributed by atoms with Gasteiger partial charge in [0.2, 0.25) is 0 Å². The Kier molecular flexibility index (Phi) is 6.08. The first-order valence-corrected chi connectivity index (χ1v) is 9.88. The molecule has 32 heavy (non-hydrogen) atoms. The third kappa shape index (κ3) is 4.15. The maximum Gasteiger partial charge on any atom is 0.509 e. The van der Waals surface area contributed by atoms with Crippen molar-refractivity contribution in [3.8, 4) is 0 Å². The van der Waals surface area contributed by atoms with Crippen molar-refractivity contribution in [2.75, 3.05) is 12.1 Å². The smallest absolute Gasteiger partial charge is 0.462 e. The third-order valence-electron chi connectivity index (χ3n) is 5.49. The number of nitrogens with zero attached hydrogens (tertiary/aromatic N) is 2. The summed E-state index contributed by atoms with van der Waals surface area (Å²) in [7, 11) is 0. The Labute approximate surface area is 181 Å². The number of nitrogens with two attached hydrogens (primary N) is 1. The second-order valence-electron chi connectivity index (χ2n) is 7.45. The van der Waals surface area contributed by atoms with E-state index in [-0.39, 0.29) is 18.3 Å². The molecule has 2 aliphatic heterocycles. The molecule has 0 saturated carbocycles. The molecule has 6 atom stereocenters. The largest absolute Gasteiger partial charge is 0.509 e. The van der Waals surface area contributed by atoms with Crippen LogP contribution in [0.5, 0.6) is 0 Å². The standard InChI is InChI=1S/C20H22N4O8/c1-10(11-5-3-2-4-6-11)14(21)18(25)29-9-12-15-16(32-20(27)31-15)17(30-12)24-8-7-13(23-28)22-19(24)26/h2-8,10,12,14-17,28H,9,21H2,1H3,(H,22,23,26)/t10?,12-,14+,15-,16-,17-/m1/s1. The van der Waals surface area contributed by atoms with Crippen molar-refractivity contribution < 1.29 is 33.7 Å². The molecule has 1 aromatic carbocycles. The van der Waals surface area contributed by atoms with Gasteiger partial charge in [0.25, 0.3) is 0 Å². The number of esters is 1. The third-order valence-corrected chi connectivity index (χ3v) is 5.49. The van der Waals surface area contributed by atoms with Crippen LogP contribution in [0.2, 0.25) is 0 Å². The summed E-state index contributed by atoms with van der Waals surface area (Å²) in [6.07, 6.45) is -3.40. The number of benzene rings is 1. The van der Waals surface area contributed by atoms with Gasteiger partial charge < -0.3 is 24.7 Å². The van der Waals surface area contributed by atoms with Crippen LogP contribution < -0.4 is 16.9 Å². The van der Waals surface area contributed by atoms with E-state index in [0.29, 0.717) is 0 Å². The summed E-state index contributed by atoms with van der Waals surface area (Å²) in [4.78, 5) is 40.1. The van der Waals surface area contributed by atoms with Crippen LogP contribution in [0.3, 0.4) is 0 Å². The molecule has 2 fully saturated rings. The second-order valence-corrected chi connectivity index (χ2v) is 7.45. The highest BCUT2D eigenvalue weighted by Crippen LogP contribution is 2.37. The Balaban J connectivity index is 1.44. The number of fused-ring (bicyclic) bond motifs is 1. The van der Waals surface area contributed by atoms with Crippen molar-refractivity contribution in [1.29, 1.82) is 0 Å². The van der Waals surface area contributed by atoms with Crippen LogP contribution in [-0.4, -0.2) is 57.8 Å². The molecule has 12 heteroatoms. The predicted molar refractivity (Wildman–Crippen MR) is 107 cm³/mol. The van der Waals surface area contributed by atoms with Crippen molar-refractivity contribution in [3.05, 3.63) is 58.6 Å². The number of ether oxygens (including phenoxy) is 4. The monoisotopic (exact) mass is 446 g/mol. The molecule has 4 rings (SSSR count). The van der Waals surface area contributed by atoms with Crippen molar-refractivity contribution >= 4 is 17.9 Å². The van der Waals surface area contributed by atoms with Crippen molar-refractivity contribution in [3.63, 3.8) is 0 Å². The summed E-state index contributed by atoms with van der Waals surface area (Å²) in [5.41, 5.74) is 7.97. The highest BCUT2D eigenvalue weighted by atomic mass is 16.8. The van der Waals surface area contributed by atoms with Crippen LogP contribution in [0, 0.1) is 0 Å². The van der Waals surface area contributed by atoms with Gasteiger partial charge in [-0.15, -0.1) is 0 Å². The topological polar surface area (TPSA) is 164 Å². The number of hydrogen-bond donors (Lipinski definition) is 3. The number of hydrogen-bond acceptors (Lipinski definition) is 11. The molecule has 4 N–H and O–H groups in total. The van der Waals surface area contributed by atoms with Gasteiger partial charge in [-0.2, -0.15) is 4.98 Å². The lowest BCUT2D eigenvalue weighted by molar-refractivity contribution is -0.152. The SMILES string of the molecule is CC(c1ccccc1)[C@H](N)C(=O)OC[C@H]1O[C@@H](n2ccc(NO)nc2=O)[C@@H]2OC(=O)O[C@@H]21. The number of anilines is 1. The lowest BCUT2D eigenvalue weighted by Gasteiger charge is -2.21. The van der Waals surface area contributed by atoms with Crippen molar-refractivity contribution in [1.82, 2.24) is 9.55 Å². The summed E-state index contributed by atoms with van der Waals surface area (Å²) in [5.74, 6) is -0.996. The summed E-state index contributed by atoms with van der Waals surface area (Å²) in [5, 5.41) is 8.88. The van der Waals surface area contributed by atoms with Crippen LogP contribution in [0.15, 0.2) is 47.4 Å². The van der Waals surface area contributed by atoms with E-state index in [9.17, 15) is 14.4 Å². The lowest BCUT2D eigenvalue weighted by atomic mass is 9.94. The van der Waals surface area contributed by atoms with Gasteiger partial charge in [0, 0.05) is 12.1 Å². The molecular weight excluding hydrogens is 424 g/mol. The number of carbonyl (C=O) groups is 2. The normalized spacial score (nSPS) is 25.9. The quantitative estimate of drug-likeness (QED) is 0.401. The van der Waals surface area contributed by atoms with Crippen LogP contribution >= 0.6 is 0 Å². The van der Waals surface area contributed by atoms with Gasteiger partial charge in [-0.3, -0.25) is 20.0 Å². The first kappa shape index (κ1) is 21.7. The van der Waals surface area contributed by atoms with E-state index in [1.165, 1.54) is 12.3 Å². The number of carbonyl (C=O) groups excluding carboxylic acids is 2. The minimum Gasteiger partial charge on any atom is -0.462 e. The minimum atomic E-state index is -1.06. The van der Waals surface area contributed by atoms with Gasteiger partial charge >= 0.3 is 17.8 Å². The van der Waals surface area contributed by atoms with Crippen LogP contribution in [0.1, 0.15) is 24.6 Å². The van der Waals surface area contributed by atoms with Gasteiger partial charge in [-0.25, -0.2) is 9.59 Å². The molecular formula is C20H22N4O8. The molecule has 170 valence electrons. The Morgan fingerprint density at radius 1 is 1.25 bits per heavy atom. The zero-order valence-electron chi connectivity index (χ0n) is 17.0. The van der Waals surface area contributed by atoms with Crippen molar-refractivity contribution in [2.24, 2.45) is 5.73 Å². The highest BCUT2D eigenvalue weighted by molar-refractivity contribution is 5.76. The van der Waals surface area contributed by atoms with Crippen molar-refractivity contribution in [2.45, 2.75) is 43.4 Å². The first-order chi connectivity index (χ1) is 15.4. The van der Waals surface area contributed by atoms with Gasteiger partial charge in [-0.1, -0.05) is 37.3 Å². The summed E-state index contributed by atoms with van der Waals surface area (Å²) < 4.78 is 22.5. The molecule has 2 aliphatic rings. The Hall–Kier alpha value is -3.48. The predicted octanol–water partition coefficient (Wildman–Crippen LogP) is 0.520. The summed E-state index contributed by atoms with van der Waals surface area (Å²) in [6.45, 7) is 1.55. The fourth-order valence-electron chi connectivity index (χ4n) is 3.68. The molecule has 0 radical (unpaired) electrons. The first-order valence-electron chi connectivity index (χ1n) is 9.88. The lowest BCUT2D eigenvalue weighted by Crippen LogP contribution is -2.40. The number of aromatic nitrogens is 2. The Morgan fingerprint density at radius 3 is 2.66 bits per heavy atom. The van der Waals surface area contributed by atoms with Gasteiger partial charge in [-0.05, 0) is 11.6 Å². The molecule has 0 amide bonds. The number of rotatable bonds is 7. The zero-order chi connectivity index (χ0) is 22.8. The fraction of sp³-hybridized carbons (Fsp3) is 0.400. The molecule has 1 aromatic heterocycles.